The molecular weight excluding hydrogens is 200 g/mol. The third kappa shape index (κ3) is 6.72. The topological polar surface area (TPSA) is 41.5 Å². The first-order valence-electron chi connectivity index (χ1n) is 6.07. The van der Waals surface area contributed by atoms with Gasteiger partial charge in [-0.3, -0.25) is 15.1 Å². The molecule has 0 saturated heterocycles. The first-order valence-corrected chi connectivity index (χ1v) is 6.07. The molecule has 94 valence electrons. The third-order valence-electron chi connectivity index (χ3n) is 2.36. The van der Waals surface area contributed by atoms with E-state index >= 15 is 0 Å². The fraction of sp³-hybridized carbons (Fsp3) is 0.846. The molecule has 0 amide bonds. The lowest BCUT2D eigenvalue weighted by molar-refractivity contribution is -0.125. The van der Waals surface area contributed by atoms with E-state index in [-0.39, 0.29) is 17.4 Å². The van der Waals surface area contributed by atoms with Crippen LogP contribution in [0.4, 0.5) is 0 Å². The van der Waals surface area contributed by atoms with E-state index in [1.807, 2.05) is 34.6 Å². The number of ketones is 1. The van der Waals surface area contributed by atoms with Crippen molar-refractivity contribution in [3.63, 3.8) is 0 Å². The van der Waals surface area contributed by atoms with Crippen molar-refractivity contribution in [2.24, 2.45) is 10.4 Å². The summed E-state index contributed by atoms with van der Waals surface area (Å²) >= 11 is 0. The predicted molar refractivity (Wildman–Crippen MR) is 69.9 cm³/mol. The van der Waals surface area contributed by atoms with Crippen molar-refractivity contribution >= 4 is 11.5 Å². The zero-order chi connectivity index (χ0) is 12.8. The zero-order valence-electron chi connectivity index (χ0n) is 11.6. The highest BCUT2D eigenvalue weighted by Crippen LogP contribution is 2.16. The summed E-state index contributed by atoms with van der Waals surface area (Å²) in [5, 5.41) is 3.28. The minimum Gasteiger partial charge on any atom is -0.299 e. The van der Waals surface area contributed by atoms with Crippen molar-refractivity contribution in [1.82, 2.24) is 5.32 Å². The highest BCUT2D eigenvalue weighted by molar-refractivity contribution is 6.02. The van der Waals surface area contributed by atoms with Gasteiger partial charge in [-0.05, 0) is 26.8 Å². The van der Waals surface area contributed by atoms with Crippen LogP contribution in [0.15, 0.2) is 4.99 Å². The third-order valence-corrected chi connectivity index (χ3v) is 2.36. The summed E-state index contributed by atoms with van der Waals surface area (Å²) in [5.41, 5.74) is 0.646. The molecule has 0 aromatic heterocycles. The molecule has 3 nitrogen and oxygen atoms in total. The van der Waals surface area contributed by atoms with Gasteiger partial charge in [0.25, 0.3) is 0 Å². The molecule has 3 heteroatoms. The molecule has 0 spiro atoms. The molecular formula is C13H26N2O. The van der Waals surface area contributed by atoms with Gasteiger partial charge < -0.3 is 0 Å². The smallest absolute Gasteiger partial charge is 0.143 e. The maximum Gasteiger partial charge on any atom is 0.143 e. The van der Waals surface area contributed by atoms with Crippen LogP contribution in [0.5, 0.6) is 0 Å². The second kappa shape index (κ2) is 6.79. The number of carbonyl (C=O) groups is 1. The fourth-order valence-electron chi connectivity index (χ4n) is 1.27. The van der Waals surface area contributed by atoms with Crippen LogP contribution in [0.3, 0.4) is 0 Å². The Balaban J connectivity index is 4.19. The minimum absolute atomic E-state index is 0.104. The highest BCUT2D eigenvalue weighted by atomic mass is 16.1. The zero-order valence-corrected chi connectivity index (χ0v) is 11.6. The van der Waals surface area contributed by atoms with E-state index in [0.717, 1.165) is 18.7 Å². The summed E-state index contributed by atoms with van der Waals surface area (Å²) in [6, 6.07) is 0. The molecule has 0 radical (unpaired) electrons. The van der Waals surface area contributed by atoms with Crippen molar-refractivity contribution < 1.29 is 4.79 Å². The van der Waals surface area contributed by atoms with E-state index in [4.69, 9.17) is 0 Å². The first-order chi connectivity index (χ1) is 7.27. The molecule has 0 aromatic rings. The molecule has 1 atom stereocenters. The Hall–Kier alpha value is -0.700. The Labute approximate surface area is 99.7 Å². The molecule has 1 N–H and O–H groups in total. The molecule has 0 fully saturated rings. The van der Waals surface area contributed by atoms with Crippen LogP contribution < -0.4 is 5.32 Å². The predicted octanol–water partition coefficient (Wildman–Crippen LogP) is 2.80. The normalized spacial score (nSPS) is 15.0. The van der Waals surface area contributed by atoms with Crippen LogP contribution in [0.1, 0.15) is 54.4 Å². The molecule has 0 bridgehead atoms. The average Bonchev–Trinajstić information content (AvgIpc) is 2.12. The van der Waals surface area contributed by atoms with Crippen LogP contribution in [0.2, 0.25) is 0 Å². The summed E-state index contributed by atoms with van der Waals surface area (Å²) in [4.78, 5) is 16.2. The summed E-state index contributed by atoms with van der Waals surface area (Å²) in [6.45, 7) is 12.9. The number of hydrogen-bond donors (Lipinski definition) is 1. The van der Waals surface area contributed by atoms with E-state index < -0.39 is 0 Å². The number of nitrogens with one attached hydrogen (secondary N) is 1. The summed E-state index contributed by atoms with van der Waals surface area (Å²) in [7, 11) is 0. The molecule has 0 rings (SSSR count). The number of nitrogens with zero attached hydrogens (tertiary/aromatic N) is 1. The van der Waals surface area contributed by atoms with Crippen LogP contribution >= 0.6 is 0 Å². The van der Waals surface area contributed by atoms with Crippen molar-refractivity contribution in [3.8, 4) is 0 Å². The lowest BCUT2D eigenvalue weighted by Crippen LogP contribution is -2.27. The largest absolute Gasteiger partial charge is 0.299 e. The molecule has 1 unspecified atom stereocenters. The standard InChI is InChI=1S/C13H26N2O/c1-7-8-14-11(3)15-10(2)9-12(16)13(4,5)6/h11,14H,7-9H2,1-6H3. The van der Waals surface area contributed by atoms with E-state index in [2.05, 4.69) is 17.2 Å². The Bertz CT molecular complexity index is 251. The Morgan fingerprint density at radius 1 is 1.38 bits per heavy atom. The lowest BCUT2D eigenvalue weighted by atomic mass is 9.88. The Morgan fingerprint density at radius 3 is 2.38 bits per heavy atom. The average molecular weight is 226 g/mol. The van der Waals surface area contributed by atoms with Crippen LogP contribution in [-0.4, -0.2) is 24.2 Å². The molecule has 16 heavy (non-hydrogen) atoms. The van der Waals surface area contributed by atoms with Crippen LogP contribution in [-0.2, 0) is 4.79 Å². The number of rotatable bonds is 6. The van der Waals surface area contributed by atoms with Crippen molar-refractivity contribution in [1.29, 1.82) is 0 Å². The highest BCUT2D eigenvalue weighted by Gasteiger charge is 2.21. The van der Waals surface area contributed by atoms with E-state index in [9.17, 15) is 4.79 Å². The van der Waals surface area contributed by atoms with Gasteiger partial charge in [-0.1, -0.05) is 27.7 Å². The van der Waals surface area contributed by atoms with Crippen molar-refractivity contribution in [2.75, 3.05) is 6.54 Å². The van der Waals surface area contributed by atoms with Gasteiger partial charge in [0, 0.05) is 17.5 Å². The van der Waals surface area contributed by atoms with E-state index in [1.54, 1.807) is 0 Å². The number of hydrogen-bond acceptors (Lipinski definition) is 3. The van der Waals surface area contributed by atoms with Gasteiger partial charge in [0.05, 0.1) is 6.17 Å². The quantitative estimate of drug-likeness (QED) is 0.708. The Kier molecular flexibility index (Phi) is 6.49. The second-order valence-corrected chi connectivity index (χ2v) is 5.34. The SMILES string of the molecule is CCCNC(C)N=C(C)CC(=O)C(C)(C)C. The van der Waals surface area contributed by atoms with Gasteiger partial charge in [-0.15, -0.1) is 0 Å². The molecule has 0 heterocycles. The monoisotopic (exact) mass is 226 g/mol. The molecule has 0 aliphatic rings. The molecule has 0 aromatic carbocycles. The molecule has 0 saturated carbocycles. The van der Waals surface area contributed by atoms with Crippen LogP contribution in [0, 0.1) is 5.41 Å². The Morgan fingerprint density at radius 2 is 1.94 bits per heavy atom. The molecule has 0 aliphatic heterocycles. The lowest BCUT2D eigenvalue weighted by Gasteiger charge is -2.17. The van der Waals surface area contributed by atoms with Gasteiger partial charge in [0.2, 0.25) is 0 Å². The summed E-state index contributed by atoms with van der Waals surface area (Å²) < 4.78 is 0. The fourth-order valence-corrected chi connectivity index (χ4v) is 1.27. The number of carbonyl (C=O) groups excluding carboxylic acids is 1. The van der Waals surface area contributed by atoms with Gasteiger partial charge in [0.15, 0.2) is 0 Å². The first kappa shape index (κ1) is 15.3. The maximum atomic E-state index is 11.8. The van der Waals surface area contributed by atoms with Gasteiger partial charge in [-0.2, -0.15) is 0 Å². The summed E-state index contributed by atoms with van der Waals surface area (Å²) in [5.74, 6) is 0.247. The van der Waals surface area contributed by atoms with Crippen molar-refractivity contribution in [2.45, 2.75) is 60.5 Å². The van der Waals surface area contributed by atoms with E-state index in [1.165, 1.54) is 0 Å². The van der Waals surface area contributed by atoms with E-state index in [0.29, 0.717) is 6.42 Å². The van der Waals surface area contributed by atoms with Crippen LogP contribution in [0.25, 0.3) is 0 Å². The van der Waals surface area contributed by atoms with Crippen molar-refractivity contribution in [3.05, 3.63) is 0 Å². The summed E-state index contributed by atoms with van der Waals surface area (Å²) in [6.07, 6.45) is 1.66. The number of aliphatic imine (C=N–C) groups is 1. The maximum absolute atomic E-state index is 11.8. The van der Waals surface area contributed by atoms with Gasteiger partial charge >= 0.3 is 0 Å². The second-order valence-electron chi connectivity index (χ2n) is 5.34. The van der Waals surface area contributed by atoms with Gasteiger partial charge in [-0.25, -0.2) is 0 Å². The van der Waals surface area contributed by atoms with Gasteiger partial charge in [0.1, 0.15) is 5.78 Å². The minimum atomic E-state index is -0.267. The number of Topliss-reactive ketones (excluding diaryl/α,β-unsaturated/α-hetero) is 1. The molecule has 0 aliphatic carbocycles.